The molecule has 0 spiro atoms. The van der Waals surface area contributed by atoms with Crippen LogP contribution in [0.5, 0.6) is 0 Å². The van der Waals surface area contributed by atoms with Crippen molar-refractivity contribution in [3.05, 3.63) is 72.3 Å². The second-order valence-electron chi connectivity index (χ2n) is 6.27. The van der Waals surface area contributed by atoms with E-state index < -0.39 is 12.0 Å². The highest BCUT2D eigenvalue weighted by molar-refractivity contribution is 7.80. The molecule has 1 heterocycles. The largest absolute Gasteiger partial charge is 0.467 e. The van der Waals surface area contributed by atoms with E-state index in [1.165, 1.54) is 7.11 Å². The maximum Gasteiger partial charge on any atom is 0.331 e. The monoisotopic (exact) mass is 394 g/mol. The molecule has 0 aromatic heterocycles. The highest BCUT2D eigenvalue weighted by Crippen LogP contribution is 2.25. The molecule has 2 aromatic carbocycles. The van der Waals surface area contributed by atoms with E-state index in [9.17, 15) is 9.59 Å². The number of carbonyl (C=O) groups is 2. The first-order chi connectivity index (χ1) is 13.7. The normalized spacial score (nSPS) is 16.1. The van der Waals surface area contributed by atoms with Crippen LogP contribution in [0.15, 0.2) is 71.7 Å². The molecule has 0 saturated carbocycles. The van der Waals surface area contributed by atoms with Gasteiger partial charge in [0.1, 0.15) is 5.84 Å². The molecular formula is C22H22N2O3S. The second-order valence-corrected chi connectivity index (χ2v) is 6.63. The molecule has 1 aliphatic heterocycles. The Bertz CT molecular complexity index is 909. The molecular weight excluding hydrogens is 372 g/mol. The molecule has 1 amide bonds. The Kier molecular flexibility index (Phi) is 6.66. The number of thiol groups is 1. The van der Waals surface area contributed by atoms with E-state index in [0.717, 1.165) is 11.1 Å². The summed E-state index contributed by atoms with van der Waals surface area (Å²) in [4.78, 5) is 31.4. The molecule has 2 aromatic rings. The summed E-state index contributed by atoms with van der Waals surface area (Å²) >= 11 is 4.19. The summed E-state index contributed by atoms with van der Waals surface area (Å²) in [5, 5.41) is 0. The minimum absolute atomic E-state index is 0.148. The van der Waals surface area contributed by atoms with Crippen molar-refractivity contribution in [1.82, 2.24) is 4.90 Å². The van der Waals surface area contributed by atoms with Crippen molar-refractivity contribution in [2.45, 2.75) is 12.5 Å². The number of nitrogens with zero attached hydrogens (tertiary/aromatic N) is 2. The fourth-order valence-corrected chi connectivity index (χ4v) is 3.31. The average Bonchev–Trinajstić information content (AvgIpc) is 2.77. The third kappa shape index (κ3) is 4.34. The zero-order valence-electron chi connectivity index (χ0n) is 15.6. The molecule has 144 valence electrons. The number of amides is 1. The van der Waals surface area contributed by atoms with Gasteiger partial charge in [0.2, 0.25) is 0 Å². The number of hydrogen-bond acceptors (Lipinski definition) is 5. The standard InChI is InChI=1S/C22H22N2O3S/c1-27-22(26)19(15-28)23-20-13-7-8-14-24(20)21(25)18-12-6-5-11-17(18)16-9-3-2-4-10-16/h2-12,19,28H,13-15H2,1H3/t19-/m1/s1. The molecule has 0 fully saturated rings. The van der Waals surface area contributed by atoms with Crippen molar-refractivity contribution >= 4 is 30.3 Å². The molecule has 0 bridgehead atoms. The molecule has 5 nitrogen and oxygen atoms in total. The van der Waals surface area contributed by atoms with E-state index in [1.54, 1.807) is 4.90 Å². The van der Waals surface area contributed by atoms with Gasteiger partial charge in [0.15, 0.2) is 6.04 Å². The van der Waals surface area contributed by atoms with Crippen molar-refractivity contribution in [2.24, 2.45) is 4.99 Å². The van der Waals surface area contributed by atoms with Crippen LogP contribution in [-0.2, 0) is 9.53 Å². The number of methoxy groups -OCH3 is 1. The van der Waals surface area contributed by atoms with Crippen LogP contribution >= 0.6 is 12.6 Å². The zero-order valence-corrected chi connectivity index (χ0v) is 16.5. The maximum atomic E-state index is 13.4. The Morgan fingerprint density at radius 2 is 1.82 bits per heavy atom. The van der Waals surface area contributed by atoms with Gasteiger partial charge in [-0.25, -0.2) is 4.79 Å². The van der Waals surface area contributed by atoms with E-state index >= 15 is 0 Å². The molecule has 0 saturated heterocycles. The van der Waals surface area contributed by atoms with Gasteiger partial charge >= 0.3 is 5.97 Å². The lowest BCUT2D eigenvalue weighted by molar-refractivity contribution is -0.141. The number of amidine groups is 1. The number of carbonyl (C=O) groups excluding carboxylic acids is 2. The quantitative estimate of drug-likeness (QED) is 0.479. The van der Waals surface area contributed by atoms with Crippen LogP contribution in [-0.4, -0.2) is 48.1 Å². The van der Waals surface area contributed by atoms with E-state index in [1.807, 2.05) is 66.7 Å². The summed E-state index contributed by atoms with van der Waals surface area (Å²) in [6, 6.07) is 16.6. The van der Waals surface area contributed by atoms with Gasteiger partial charge in [-0.05, 0) is 17.2 Å². The summed E-state index contributed by atoms with van der Waals surface area (Å²) in [6.07, 6.45) is 4.34. The fourth-order valence-electron chi connectivity index (χ4n) is 3.08. The summed E-state index contributed by atoms with van der Waals surface area (Å²) in [6.45, 7) is 0.404. The van der Waals surface area contributed by atoms with Gasteiger partial charge in [0, 0.05) is 24.3 Å². The number of benzene rings is 2. The highest BCUT2D eigenvalue weighted by atomic mass is 32.1. The SMILES string of the molecule is COC(=O)[C@@H](CS)N=C1CC=CCN1C(=O)c1ccccc1-c1ccccc1. The minimum Gasteiger partial charge on any atom is -0.467 e. The number of esters is 1. The Morgan fingerprint density at radius 3 is 2.54 bits per heavy atom. The first-order valence-corrected chi connectivity index (χ1v) is 9.65. The van der Waals surface area contributed by atoms with Gasteiger partial charge in [0.25, 0.3) is 5.91 Å². The third-order valence-electron chi connectivity index (χ3n) is 4.51. The van der Waals surface area contributed by atoms with Crippen LogP contribution in [0.4, 0.5) is 0 Å². The molecule has 0 radical (unpaired) electrons. The Labute approximate surface area is 170 Å². The van der Waals surface area contributed by atoms with Gasteiger partial charge in [-0.15, -0.1) is 0 Å². The van der Waals surface area contributed by atoms with Gasteiger partial charge in [-0.1, -0.05) is 60.7 Å². The van der Waals surface area contributed by atoms with Crippen molar-refractivity contribution < 1.29 is 14.3 Å². The van der Waals surface area contributed by atoms with Crippen LogP contribution in [0.25, 0.3) is 11.1 Å². The van der Waals surface area contributed by atoms with Crippen LogP contribution in [0.2, 0.25) is 0 Å². The maximum absolute atomic E-state index is 13.4. The number of aliphatic imine (C=N–C) groups is 1. The van der Waals surface area contributed by atoms with Gasteiger partial charge in [-0.2, -0.15) is 12.6 Å². The van der Waals surface area contributed by atoms with Crippen LogP contribution in [0, 0.1) is 0 Å². The average molecular weight is 394 g/mol. The minimum atomic E-state index is -0.741. The zero-order chi connectivity index (χ0) is 19.9. The summed E-state index contributed by atoms with van der Waals surface area (Å²) < 4.78 is 4.79. The molecule has 28 heavy (non-hydrogen) atoms. The topological polar surface area (TPSA) is 59.0 Å². The smallest absolute Gasteiger partial charge is 0.331 e. The lowest BCUT2D eigenvalue weighted by Crippen LogP contribution is -2.40. The van der Waals surface area contributed by atoms with Gasteiger partial charge in [-0.3, -0.25) is 14.7 Å². The number of ether oxygens (including phenoxy) is 1. The first kappa shape index (κ1) is 19.9. The Hall–Kier alpha value is -2.86. The Balaban J connectivity index is 1.97. The predicted octanol–water partition coefficient (Wildman–Crippen LogP) is 3.63. The molecule has 0 N–H and O–H groups in total. The highest BCUT2D eigenvalue weighted by Gasteiger charge is 2.26. The van der Waals surface area contributed by atoms with E-state index in [-0.39, 0.29) is 11.7 Å². The summed E-state index contributed by atoms with van der Waals surface area (Å²) in [5.74, 6) is 0.141. The fraction of sp³-hybridized carbons (Fsp3) is 0.227. The first-order valence-electron chi connectivity index (χ1n) is 9.02. The molecule has 0 aliphatic carbocycles. The number of hydrogen-bond donors (Lipinski definition) is 1. The van der Waals surface area contributed by atoms with E-state index in [0.29, 0.717) is 24.4 Å². The van der Waals surface area contributed by atoms with Crippen LogP contribution < -0.4 is 0 Å². The summed E-state index contributed by atoms with van der Waals surface area (Å²) in [7, 11) is 1.32. The van der Waals surface area contributed by atoms with Gasteiger partial charge in [0.05, 0.1) is 7.11 Å². The predicted molar refractivity (Wildman–Crippen MR) is 114 cm³/mol. The molecule has 6 heteroatoms. The molecule has 1 atom stereocenters. The van der Waals surface area contributed by atoms with Crippen molar-refractivity contribution in [1.29, 1.82) is 0 Å². The molecule has 0 unspecified atom stereocenters. The number of rotatable bonds is 5. The molecule has 1 aliphatic rings. The summed E-state index contributed by atoms with van der Waals surface area (Å²) in [5.41, 5.74) is 2.43. The van der Waals surface area contributed by atoms with Crippen LogP contribution in [0.3, 0.4) is 0 Å². The van der Waals surface area contributed by atoms with E-state index in [2.05, 4.69) is 17.6 Å². The second kappa shape index (κ2) is 9.37. The van der Waals surface area contributed by atoms with Gasteiger partial charge < -0.3 is 4.74 Å². The van der Waals surface area contributed by atoms with Crippen molar-refractivity contribution in [3.63, 3.8) is 0 Å². The van der Waals surface area contributed by atoms with Crippen molar-refractivity contribution in [3.8, 4) is 11.1 Å². The van der Waals surface area contributed by atoms with Crippen LogP contribution in [0.1, 0.15) is 16.8 Å². The molecule has 3 rings (SSSR count). The lowest BCUT2D eigenvalue weighted by atomic mass is 9.98. The van der Waals surface area contributed by atoms with E-state index in [4.69, 9.17) is 4.74 Å². The lowest BCUT2D eigenvalue weighted by Gasteiger charge is -2.27. The third-order valence-corrected chi connectivity index (χ3v) is 4.85. The Morgan fingerprint density at radius 1 is 1.11 bits per heavy atom. The van der Waals surface area contributed by atoms with Crippen molar-refractivity contribution in [2.75, 3.05) is 19.4 Å².